The Morgan fingerprint density at radius 1 is 0.800 bits per heavy atom. The molecule has 0 spiro atoms. The summed E-state index contributed by atoms with van der Waals surface area (Å²) in [5, 5.41) is 1.45. The van der Waals surface area contributed by atoms with Gasteiger partial charge in [-0.2, -0.15) is 0 Å². The molecule has 100 valence electrons. The van der Waals surface area contributed by atoms with Crippen molar-refractivity contribution in [2.45, 2.75) is 18.2 Å². The first-order chi connectivity index (χ1) is 9.75. The van der Waals surface area contributed by atoms with Crippen LogP contribution in [-0.2, 0) is 0 Å². The topological polar surface area (TPSA) is 15.4 Å². The van der Waals surface area contributed by atoms with E-state index in [9.17, 15) is 0 Å². The molecule has 0 saturated carbocycles. The van der Waals surface area contributed by atoms with Gasteiger partial charge in [-0.3, -0.25) is 9.89 Å². The third-order valence-electron chi connectivity index (χ3n) is 3.93. The van der Waals surface area contributed by atoms with Gasteiger partial charge in [-0.15, -0.1) is 0 Å². The number of fused-ring (bicyclic) bond motifs is 1. The van der Waals surface area contributed by atoms with Crippen molar-refractivity contribution in [3.63, 3.8) is 0 Å². The van der Waals surface area contributed by atoms with E-state index in [1.165, 1.54) is 5.56 Å². The van der Waals surface area contributed by atoms with Crippen LogP contribution in [0.2, 0.25) is 5.02 Å². The Kier molecular flexibility index (Phi) is 2.84. The lowest BCUT2D eigenvalue weighted by Gasteiger charge is -2.13. The lowest BCUT2D eigenvalue weighted by atomic mass is 10.1. The van der Waals surface area contributed by atoms with Crippen molar-refractivity contribution < 1.29 is 0 Å². The predicted molar refractivity (Wildman–Crippen MR) is 82.3 cm³/mol. The van der Waals surface area contributed by atoms with E-state index in [0.29, 0.717) is 11.2 Å². The Balaban J connectivity index is 1.66. The van der Waals surface area contributed by atoms with Crippen LogP contribution in [-0.4, -0.2) is 16.1 Å². The fourth-order valence-electron chi connectivity index (χ4n) is 2.95. The van der Waals surface area contributed by atoms with E-state index in [4.69, 9.17) is 23.2 Å². The molecule has 2 aliphatic heterocycles. The van der Waals surface area contributed by atoms with Gasteiger partial charge < -0.3 is 0 Å². The molecule has 1 fully saturated rings. The van der Waals surface area contributed by atoms with Crippen LogP contribution in [0, 0.1) is 0 Å². The first-order valence-electron chi connectivity index (χ1n) is 6.57. The van der Waals surface area contributed by atoms with Gasteiger partial charge in [0.2, 0.25) is 0 Å². The maximum atomic E-state index is 6.31. The molecular formula is C16H12Cl2N2. The van der Waals surface area contributed by atoms with Gasteiger partial charge in [0.05, 0.1) is 12.1 Å². The summed E-state index contributed by atoms with van der Waals surface area (Å²) in [6, 6.07) is 18.9. The molecule has 0 amide bonds. The molecule has 0 N–H and O–H groups in total. The quantitative estimate of drug-likeness (QED) is 0.750. The highest BCUT2D eigenvalue weighted by atomic mass is 35.5. The van der Waals surface area contributed by atoms with Gasteiger partial charge in [-0.05, 0) is 23.3 Å². The van der Waals surface area contributed by atoms with Crippen LogP contribution in [0.1, 0.15) is 23.3 Å². The molecule has 2 aromatic rings. The SMILES string of the molecule is ClC1=NC(c2ccc(Cl)cc2)N2C1C2c1ccccc1. The maximum absolute atomic E-state index is 6.31. The predicted octanol–water partition coefficient (Wildman–Crippen LogP) is 4.42. The Hall–Kier alpha value is -1.35. The molecule has 4 heteroatoms. The van der Waals surface area contributed by atoms with E-state index in [1.54, 1.807) is 0 Å². The molecule has 2 aromatic carbocycles. The first kappa shape index (κ1) is 12.4. The monoisotopic (exact) mass is 302 g/mol. The second kappa shape index (κ2) is 4.59. The van der Waals surface area contributed by atoms with Crippen LogP contribution in [0.5, 0.6) is 0 Å². The van der Waals surface area contributed by atoms with Crippen LogP contribution in [0.15, 0.2) is 59.6 Å². The average molecular weight is 303 g/mol. The van der Waals surface area contributed by atoms with Crippen LogP contribution < -0.4 is 0 Å². The molecular weight excluding hydrogens is 291 g/mol. The zero-order valence-electron chi connectivity index (χ0n) is 10.6. The van der Waals surface area contributed by atoms with Crippen molar-refractivity contribution in [3.05, 3.63) is 70.7 Å². The fourth-order valence-corrected chi connectivity index (χ4v) is 3.40. The van der Waals surface area contributed by atoms with Crippen molar-refractivity contribution in [1.29, 1.82) is 0 Å². The first-order valence-corrected chi connectivity index (χ1v) is 7.32. The van der Waals surface area contributed by atoms with Crippen LogP contribution in [0.3, 0.4) is 0 Å². The summed E-state index contributed by atoms with van der Waals surface area (Å²) >= 11 is 12.3. The number of nitrogens with zero attached hydrogens (tertiary/aromatic N) is 2. The molecule has 2 aliphatic rings. The minimum atomic E-state index is 0.00923. The molecule has 2 heterocycles. The minimum absolute atomic E-state index is 0.00923. The van der Waals surface area contributed by atoms with E-state index >= 15 is 0 Å². The van der Waals surface area contributed by atoms with Crippen molar-refractivity contribution in [1.82, 2.24) is 4.90 Å². The van der Waals surface area contributed by atoms with Crippen molar-refractivity contribution in [3.8, 4) is 0 Å². The smallest absolute Gasteiger partial charge is 0.130 e. The van der Waals surface area contributed by atoms with Gasteiger partial charge >= 0.3 is 0 Å². The van der Waals surface area contributed by atoms with Crippen LogP contribution >= 0.6 is 23.2 Å². The molecule has 2 nitrogen and oxygen atoms in total. The third-order valence-corrected chi connectivity index (χ3v) is 4.51. The average Bonchev–Trinajstić information content (AvgIpc) is 3.13. The fraction of sp³-hybridized carbons (Fsp3) is 0.188. The lowest BCUT2D eigenvalue weighted by Crippen LogP contribution is -2.05. The summed E-state index contributed by atoms with van der Waals surface area (Å²) in [6.45, 7) is 0. The summed E-state index contributed by atoms with van der Waals surface area (Å²) < 4.78 is 0. The molecule has 0 aliphatic carbocycles. The number of aliphatic imine (C=N–C) groups is 1. The van der Waals surface area contributed by atoms with Gasteiger partial charge in [0, 0.05) is 5.02 Å². The second-order valence-corrected chi connectivity index (χ2v) is 5.95. The Bertz CT molecular complexity index is 667. The highest BCUT2D eigenvalue weighted by molar-refractivity contribution is 6.67. The second-order valence-electron chi connectivity index (χ2n) is 5.12. The van der Waals surface area contributed by atoms with Crippen LogP contribution in [0.4, 0.5) is 0 Å². The molecule has 0 radical (unpaired) electrons. The van der Waals surface area contributed by atoms with Gasteiger partial charge in [-0.25, -0.2) is 0 Å². The van der Waals surface area contributed by atoms with E-state index in [2.05, 4.69) is 34.2 Å². The zero-order valence-corrected chi connectivity index (χ0v) is 12.1. The highest BCUT2D eigenvalue weighted by Crippen LogP contribution is 2.55. The maximum Gasteiger partial charge on any atom is 0.130 e. The molecule has 20 heavy (non-hydrogen) atoms. The van der Waals surface area contributed by atoms with Gasteiger partial charge in [-0.1, -0.05) is 65.7 Å². The van der Waals surface area contributed by atoms with Gasteiger partial charge in [0.1, 0.15) is 11.3 Å². The molecule has 4 unspecified atom stereocenters. The van der Waals surface area contributed by atoms with Crippen molar-refractivity contribution >= 4 is 28.4 Å². The van der Waals surface area contributed by atoms with Gasteiger partial charge in [0.15, 0.2) is 0 Å². The lowest BCUT2D eigenvalue weighted by molar-refractivity contribution is 0.404. The van der Waals surface area contributed by atoms with Crippen molar-refractivity contribution in [2.24, 2.45) is 4.99 Å². The zero-order chi connectivity index (χ0) is 13.7. The number of hydrogen-bond donors (Lipinski definition) is 0. The van der Waals surface area contributed by atoms with E-state index < -0.39 is 0 Å². The summed E-state index contributed by atoms with van der Waals surface area (Å²) in [5.74, 6) is 0. The molecule has 1 saturated heterocycles. The van der Waals surface area contributed by atoms with Crippen LogP contribution in [0.25, 0.3) is 0 Å². The summed E-state index contributed by atoms with van der Waals surface area (Å²) in [4.78, 5) is 6.89. The molecule has 4 atom stereocenters. The number of benzene rings is 2. The van der Waals surface area contributed by atoms with E-state index in [1.807, 2.05) is 30.3 Å². The standard InChI is InChI=1S/C16H12Cl2N2/c17-12-8-6-11(7-9-12)16-19-15(18)14-13(20(14)16)10-4-2-1-3-5-10/h1-9,13-14,16H. The van der Waals surface area contributed by atoms with E-state index in [-0.39, 0.29) is 12.2 Å². The Labute approximate surface area is 127 Å². The van der Waals surface area contributed by atoms with Gasteiger partial charge in [0.25, 0.3) is 0 Å². The molecule has 0 aromatic heterocycles. The Morgan fingerprint density at radius 3 is 2.20 bits per heavy atom. The summed E-state index contributed by atoms with van der Waals surface area (Å²) in [7, 11) is 0. The molecule has 4 rings (SSSR count). The highest BCUT2D eigenvalue weighted by Gasteiger charge is 2.58. The third kappa shape index (κ3) is 1.87. The largest absolute Gasteiger partial charge is 0.257 e. The summed E-state index contributed by atoms with van der Waals surface area (Å²) in [6.07, 6.45) is 0.00923. The van der Waals surface area contributed by atoms with E-state index in [0.717, 1.165) is 10.6 Å². The Morgan fingerprint density at radius 2 is 1.50 bits per heavy atom. The number of hydrogen-bond acceptors (Lipinski definition) is 2. The minimum Gasteiger partial charge on any atom is -0.257 e. The molecule has 0 bridgehead atoms. The number of rotatable bonds is 2. The number of halogens is 2. The summed E-state index contributed by atoms with van der Waals surface area (Å²) in [5.41, 5.74) is 2.43. The van der Waals surface area contributed by atoms with Crippen molar-refractivity contribution in [2.75, 3.05) is 0 Å². The normalized spacial score (nSPS) is 30.8.